The van der Waals surface area contributed by atoms with Crippen LogP contribution in [0.15, 0.2) is 56.6 Å². The van der Waals surface area contributed by atoms with Crippen LogP contribution in [-0.2, 0) is 28.3 Å². The highest BCUT2D eigenvalue weighted by atomic mass is 79.9. The second kappa shape index (κ2) is 7.93. The number of carbonyl (C=O) groups excluding carboxylic acids is 1. The van der Waals surface area contributed by atoms with Gasteiger partial charge in [-0.1, -0.05) is 34.1 Å². The molecule has 1 aliphatic heterocycles. The van der Waals surface area contributed by atoms with Gasteiger partial charge in [-0.25, -0.2) is 13.1 Å². The number of hydrogen-bond donors (Lipinski definition) is 1. The van der Waals surface area contributed by atoms with Crippen molar-refractivity contribution in [3.8, 4) is 5.69 Å². The minimum absolute atomic E-state index is 0.0366. The SMILES string of the molecule is CC(=O)N1c2c(cc(Br)cc2S(=O)(=O)Nc2c(C)n(C)n(-c3ccccc3)c2=O)C[C@H]1C. The molecule has 1 atom stereocenters. The van der Waals surface area contributed by atoms with Crippen molar-refractivity contribution < 1.29 is 13.2 Å². The Hall–Kier alpha value is -2.85. The number of aromatic nitrogens is 2. The van der Waals surface area contributed by atoms with Crippen molar-refractivity contribution >= 4 is 43.2 Å². The molecule has 1 N–H and O–H groups in total. The van der Waals surface area contributed by atoms with Gasteiger partial charge in [0.25, 0.3) is 15.6 Å². The van der Waals surface area contributed by atoms with Crippen molar-refractivity contribution in [1.82, 2.24) is 9.36 Å². The fourth-order valence-electron chi connectivity index (χ4n) is 4.24. The summed E-state index contributed by atoms with van der Waals surface area (Å²) in [6.07, 6.45) is 0.544. The zero-order chi connectivity index (χ0) is 23.4. The minimum Gasteiger partial charge on any atom is -0.308 e. The lowest BCUT2D eigenvalue weighted by Gasteiger charge is -2.23. The summed E-state index contributed by atoms with van der Waals surface area (Å²) < 4.78 is 33.1. The standard InChI is InChI=1S/C22H23BrN4O4S/c1-13-10-16-11-17(23)12-19(21(16)26(13)15(3)28)32(30,31)24-20-14(2)25(4)27(22(20)29)18-8-6-5-7-9-18/h5-9,11-13,24H,10H2,1-4H3/t13-/m1/s1. The van der Waals surface area contributed by atoms with Gasteiger partial charge in [-0.05, 0) is 50.1 Å². The molecule has 32 heavy (non-hydrogen) atoms. The Morgan fingerprint density at radius 1 is 1.19 bits per heavy atom. The van der Waals surface area contributed by atoms with E-state index in [-0.39, 0.29) is 22.5 Å². The number of para-hydroxylation sites is 1. The average molecular weight is 519 g/mol. The molecule has 0 radical (unpaired) electrons. The van der Waals surface area contributed by atoms with Gasteiger partial charge in [0.2, 0.25) is 5.91 Å². The molecule has 2 aromatic carbocycles. The molecule has 0 bridgehead atoms. The first-order valence-corrected chi connectivity index (χ1v) is 12.3. The summed E-state index contributed by atoms with van der Waals surface area (Å²) in [6.45, 7) is 4.96. The minimum atomic E-state index is -4.18. The average Bonchev–Trinajstić information content (AvgIpc) is 3.16. The second-order valence-corrected chi connectivity index (χ2v) is 10.5. The number of rotatable bonds is 4. The van der Waals surface area contributed by atoms with E-state index in [9.17, 15) is 18.0 Å². The smallest absolute Gasteiger partial charge is 0.296 e. The largest absolute Gasteiger partial charge is 0.308 e. The van der Waals surface area contributed by atoms with Crippen molar-refractivity contribution in [1.29, 1.82) is 0 Å². The van der Waals surface area contributed by atoms with Gasteiger partial charge in [0.05, 0.1) is 17.1 Å². The van der Waals surface area contributed by atoms with Gasteiger partial charge in [0.1, 0.15) is 10.6 Å². The summed E-state index contributed by atoms with van der Waals surface area (Å²) in [5.41, 5.74) is 1.68. The van der Waals surface area contributed by atoms with Crippen molar-refractivity contribution in [2.45, 2.75) is 38.1 Å². The Balaban J connectivity index is 1.85. The lowest BCUT2D eigenvalue weighted by molar-refractivity contribution is -0.116. The van der Waals surface area contributed by atoms with E-state index in [1.807, 2.05) is 19.1 Å². The molecule has 1 amide bonds. The Labute approximate surface area is 194 Å². The highest BCUT2D eigenvalue weighted by Crippen LogP contribution is 2.40. The topological polar surface area (TPSA) is 93.4 Å². The Bertz CT molecular complexity index is 1390. The Kier molecular flexibility index (Phi) is 5.54. The molecule has 0 saturated heterocycles. The monoisotopic (exact) mass is 518 g/mol. The van der Waals surface area contributed by atoms with E-state index in [0.29, 0.717) is 28.0 Å². The third-order valence-corrected chi connectivity index (χ3v) is 7.56. The van der Waals surface area contributed by atoms with E-state index in [0.717, 1.165) is 5.56 Å². The van der Waals surface area contributed by atoms with Crippen LogP contribution in [0.3, 0.4) is 0 Å². The molecule has 1 aromatic heterocycles. The number of nitrogens with one attached hydrogen (secondary N) is 1. The molecule has 0 saturated carbocycles. The molecule has 8 nitrogen and oxygen atoms in total. The van der Waals surface area contributed by atoms with E-state index in [1.54, 1.807) is 42.9 Å². The summed E-state index contributed by atoms with van der Waals surface area (Å²) in [7, 11) is -2.49. The number of nitrogens with zero attached hydrogens (tertiary/aromatic N) is 3. The molecule has 0 unspecified atom stereocenters. The first-order valence-electron chi connectivity index (χ1n) is 10.0. The Morgan fingerprint density at radius 3 is 2.47 bits per heavy atom. The summed E-state index contributed by atoms with van der Waals surface area (Å²) in [5.74, 6) is -0.239. The molecular formula is C22H23BrN4O4S. The molecule has 3 aromatic rings. The van der Waals surface area contributed by atoms with Crippen LogP contribution < -0.4 is 15.2 Å². The van der Waals surface area contributed by atoms with Gasteiger partial charge >= 0.3 is 0 Å². The third kappa shape index (κ3) is 3.57. The predicted octanol–water partition coefficient (Wildman–Crippen LogP) is 3.35. The number of sulfonamides is 1. The predicted molar refractivity (Wildman–Crippen MR) is 127 cm³/mol. The molecule has 168 valence electrons. The number of anilines is 2. The molecule has 4 rings (SSSR count). The van der Waals surface area contributed by atoms with Crippen molar-refractivity contribution in [3.05, 3.63) is 68.5 Å². The van der Waals surface area contributed by atoms with Crippen LogP contribution >= 0.6 is 15.9 Å². The van der Waals surface area contributed by atoms with Gasteiger partial charge in [-0.2, -0.15) is 0 Å². The zero-order valence-electron chi connectivity index (χ0n) is 18.1. The molecule has 0 spiro atoms. The highest BCUT2D eigenvalue weighted by molar-refractivity contribution is 9.10. The molecule has 0 fully saturated rings. The van der Waals surface area contributed by atoms with Gasteiger partial charge in [-0.3, -0.25) is 19.0 Å². The maximum Gasteiger partial charge on any atom is 0.296 e. The maximum atomic E-state index is 13.5. The number of hydrogen-bond acceptors (Lipinski definition) is 4. The third-order valence-electron chi connectivity index (χ3n) is 5.74. The van der Waals surface area contributed by atoms with Crippen molar-refractivity contribution in [2.24, 2.45) is 7.05 Å². The second-order valence-electron chi connectivity index (χ2n) is 7.90. The van der Waals surface area contributed by atoms with E-state index >= 15 is 0 Å². The quantitative estimate of drug-likeness (QED) is 0.572. The lowest BCUT2D eigenvalue weighted by Crippen LogP contribution is -2.35. The first kappa shape index (κ1) is 22.3. The van der Waals surface area contributed by atoms with Crippen LogP contribution in [0.25, 0.3) is 5.69 Å². The molecule has 2 heterocycles. The Morgan fingerprint density at radius 2 is 1.84 bits per heavy atom. The van der Waals surface area contributed by atoms with Crippen molar-refractivity contribution in [2.75, 3.05) is 9.62 Å². The molecule has 0 aliphatic carbocycles. The molecular weight excluding hydrogens is 496 g/mol. The van der Waals surface area contributed by atoms with Gasteiger partial charge in [0, 0.05) is 24.5 Å². The van der Waals surface area contributed by atoms with E-state index in [1.165, 1.54) is 22.6 Å². The number of carbonyl (C=O) groups is 1. The van der Waals surface area contributed by atoms with Gasteiger partial charge in [-0.15, -0.1) is 0 Å². The van der Waals surface area contributed by atoms with E-state index in [4.69, 9.17) is 0 Å². The summed E-state index contributed by atoms with van der Waals surface area (Å²) in [5, 5.41) is 0. The summed E-state index contributed by atoms with van der Waals surface area (Å²) in [4.78, 5) is 26.9. The van der Waals surface area contributed by atoms with Crippen molar-refractivity contribution in [3.63, 3.8) is 0 Å². The van der Waals surface area contributed by atoms with Crippen LogP contribution in [0.5, 0.6) is 0 Å². The number of amides is 1. The number of halogens is 1. The normalized spacial score (nSPS) is 15.7. The summed E-state index contributed by atoms with van der Waals surface area (Å²) in [6, 6.07) is 12.1. The summed E-state index contributed by atoms with van der Waals surface area (Å²) >= 11 is 3.38. The molecule has 10 heteroatoms. The van der Waals surface area contributed by atoms with E-state index in [2.05, 4.69) is 20.7 Å². The lowest BCUT2D eigenvalue weighted by atomic mass is 10.1. The van der Waals surface area contributed by atoms with Gasteiger partial charge in [0.15, 0.2) is 0 Å². The first-order chi connectivity index (χ1) is 15.0. The molecule has 1 aliphatic rings. The number of benzene rings is 2. The van der Waals surface area contributed by atoms with Crippen LogP contribution in [0, 0.1) is 6.92 Å². The number of fused-ring (bicyclic) bond motifs is 1. The highest BCUT2D eigenvalue weighted by Gasteiger charge is 2.36. The maximum absolute atomic E-state index is 13.5. The van der Waals surface area contributed by atoms with Crippen LogP contribution in [-0.4, -0.2) is 29.7 Å². The fraction of sp³-hybridized carbons (Fsp3) is 0.273. The van der Waals surface area contributed by atoms with E-state index < -0.39 is 15.6 Å². The van der Waals surface area contributed by atoms with Crippen LogP contribution in [0.1, 0.15) is 25.1 Å². The van der Waals surface area contributed by atoms with Crippen LogP contribution in [0.2, 0.25) is 0 Å². The zero-order valence-corrected chi connectivity index (χ0v) is 20.5. The van der Waals surface area contributed by atoms with Gasteiger partial charge < -0.3 is 4.90 Å². The van der Waals surface area contributed by atoms with Crippen LogP contribution in [0.4, 0.5) is 11.4 Å². The fourth-order valence-corrected chi connectivity index (χ4v) is 6.27.